The predicted molar refractivity (Wildman–Crippen MR) is 81.4 cm³/mol. The summed E-state index contributed by atoms with van der Waals surface area (Å²) in [6.07, 6.45) is 1.01. The molecule has 0 aromatic heterocycles. The Balaban J connectivity index is 2.29. The zero-order valence-electron chi connectivity index (χ0n) is 12.9. The number of carbonyl (C=O) groups is 2. The minimum absolute atomic E-state index is 0.108. The summed E-state index contributed by atoms with van der Waals surface area (Å²) >= 11 is 0. The highest BCUT2D eigenvalue weighted by molar-refractivity contribution is 6.08. The second-order valence-corrected chi connectivity index (χ2v) is 5.45. The number of hydrogen-bond donors (Lipinski definition) is 1. The maximum atomic E-state index is 12.3. The van der Waals surface area contributed by atoms with Crippen LogP contribution >= 0.6 is 0 Å². The number of piperazine rings is 1. The Labute approximate surface area is 125 Å². The third kappa shape index (κ3) is 3.17. The van der Waals surface area contributed by atoms with Crippen molar-refractivity contribution in [2.24, 2.45) is 0 Å². The van der Waals surface area contributed by atoms with Crippen molar-refractivity contribution in [3.8, 4) is 5.75 Å². The van der Waals surface area contributed by atoms with E-state index in [0.717, 1.165) is 6.42 Å². The number of amides is 2. The number of ether oxygens (including phenoxy) is 1. The molecular weight excluding hydrogens is 268 g/mol. The molecule has 3 unspecified atom stereocenters. The van der Waals surface area contributed by atoms with Crippen molar-refractivity contribution in [1.29, 1.82) is 0 Å². The van der Waals surface area contributed by atoms with Crippen molar-refractivity contribution in [3.63, 3.8) is 0 Å². The van der Waals surface area contributed by atoms with Crippen LogP contribution in [0.4, 0.5) is 5.69 Å². The molecule has 0 spiro atoms. The molecule has 1 heterocycles. The van der Waals surface area contributed by atoms with Crippen LogP contribution in [0.5, 0.6) is 5.75 Å². The van der Waals surface area contributed by atoms with E-state index in [2.05, 4.69) is 12.2 Å². The first-order chi connectivity index (χ1) is 9.93. The average molecular weight is 290 g/mol. The van der Waals surface area contributed by atoms with Crippen molar-refractivity contribution >= 4 is 17.5 Å². The third-order valence-electron chi connectivity index (χ3n) is 3.74. The zero-order valence-corrected chi connectivity index (χ0v) is 12.9. The van der Waals surface area contributed by atoms with E-state index in [1.54, 1.807) is 13.8 Å². The van der Waals surface area contributed by atoms with Crippen molar-refractivity contribution < 1.29 is 14.3 Å². The standard InChI is InChI=1S/C16H22N2O3/c1-5-10(2)21-14-8-6-7-13(9-14)18-12(4)15(19)17-11(3)16(18)20/h6-12H,5H2,1-4H3,(H,17,19). The highest BCUT2D eigenvalue weighted by Crippen LogP contribution is 2.26. The number of rotatable bonds is 4. The molecule has 1 aromatic rings. The molecule has 21 heavy (non-hydrogen) atoms. The molecule has 1 aromatic carbocycles. The quantitative estimate of drug-likeness (QED) is 0.924. The summed E-state index contributed by atoms with van der Waals surface area (Å²) in [7, 11) is 0. The van der Waals surface area contributed by atoms with Gasteiger partial charge in [-0.25, -0.2) is 0 Å². The summed E-state index contributed by atoms with van der Waals surface area (Å²) in [5.74, 6) is 0.457. The second kappa shape index (κ2) is 6.16. The van der Waals surface area contributed by atoms with Gasteiger partial charge in [0.25, 0.3) is 0 Å². The van der Waals surface area contributed by atoms with Crippen LogP contribution in [0.1, 0.15) is 34.1 Å². The van der Waals surface area contributed by atoms with Gasteiger partial charge < -0.3 is 10.1 Å². The van der Waals surface area contributed by atoms with Crippen molar-refractivity contribution in [2.45, 2.75) is 52.3 Å². The Bertz CT molecular complexity index is 544. The van der Waals surface area contributed by atoms with E-state index in [9.17, 15) is 9.59 Å². The normalized spacial score (nSPS) is 23.7. The lowest BCUT2D eigenvalue weighted by molar-refractivity contribution is -0.133. The monoisotopic (exact) mass is 290 g/mol. The van der Waals surface area contributed by atoms with Gasteiger partial charge in [0.05, 0.1) is 6.10 Å². The first-order valence-electron chi connectivity index (χ1n) is 7.34. The largest absolute Gasteiger partial charge is 0.491 e. The van der Waals surface area contributed by atoms with Crippen LogP contribution < -0.4 is 15.0 Å². The summed E-state index contributed by atoms with van der Waals surface area (Å²) in [4.78, 5) is 25.8. The van der Waals surface area contributed by atoms with E-state index in [-0.39, 0.29) is 17.9 Å². The Morgan fingerprint density at radius 2 is 2.05 bits per heavy atom. The SMILES string of the molecule is CCC(C)Oc1cccc(N2C(=O)C(C)NC(=O)C2C)c1. The maximum Gasteiger partial charge on any atom is 0.250 e. The summed E-state index contributed by atoms with van der Waals surface area (Å²) < 4.78 is 5.78. The Hall–Kier alpha value is -2.04. The van der Waals surface area contributed by atoms with Gasteiger partial charge >= 0.3 is 0 Å². The van der Waals surface area contributed by atoms with Crippen LogP contribution in [0.25, 0.3) is 0 Å². The number of hydrogen-bond acceptors (Lipinski definition) is 3. The van der Waals surface area contributed by atoms with Gasteiger partial charge in [-0.15, -0.1) is 0 Å². The Morgan fingerprint density at radius 1 is 1.33 bits per heavy atom. The van der Waals surface area contributed by atoms with E-state index < -0.39 is 12.1 Å². The highest BCUT2D eigenvalue weighted by Gasteiger charge is 2.36. The lowest BCUT2D eigenvalue weighted by Gasteiger charge is -2.36. The summed E-state index contributed by atoms with van der Waals surface area (Å²) in [5, 5.41) is 2.67. The van der Waals surface area contributed by atoms with Gasteiger partial charge in [-0.1, -0.05) is 13.0 Å². The molecule has 0 saturated carbocycles. The molecule has 2 amide bonds. The first-order valence-corrected chi connectivity index (χ1v) is 7.34. The fraction of sp³-hybridized carbons (Fsp3) is 0.500. The van der Waals surface area contributed by atoms with Crippen LogP contribution in [0, 0.1) is 0 Å². The summed E-state index contributed by atoms with van der Waals surface area (Å²) in [6, 6.07) is 6.30. The molecule has 3 atom stereocenters. The number of nitrogens with zero attached hydrogens (tertiary/aromatic N) is 1. The molecule has 5 heteroatoms. The zero-order chi connectivity index (χ0) is 15.6. The number of carbonyl (C=O) groups excluding carboxylic acids is 2. The van der Waals surface area contributed by atoms with Crippen molar-refractivity contribution in [1.82, 2.24) is 5.32 Å². The molecule has 1 saturated heterocycles. The average Bonchev–Trinajstić information content (AvgIpc) is 2.46. The summed E-state index contributed by atoms with van der Waals surface area (Å²) in [6.45, 7) is 7.47. The molecule has 2 rings (SSSR count). The minimum Gasteiger partial charge on any atom is -0.491 e. The smallest absolute Gasteiger partial charge is 0.250 e. The van der Waals surface area contributed by atoms with Crippen molar-refractivity contribution in [2.75, 3.05) is 4.90 Å². The van der Waals surface area contributed by atoms with E-state index in [1.807, 2.05) is 31.2 Å². The highest BCUT2D eigenvalue weighted by atomic mass is 16.5. The second-order valence-electron chi connectivity index (χ2n) is 5.45. The summed E-state index contributed by atoms with van der Waals surface area (Å²) in [5.41, 5.74) is 0.690. The van der Waals surface area contributed by atoms with Gasteiger partial charge in [0.2, 0.25) is 11.8 Å². The lowest BCUT2D eigenvalue weighted by atomic mass is 10.1. The van der Waals surface area contributed by atoms with E-state index in [0.29, 0.717) is 11.4 Å². The molecular formula is C16H22N2O3. The Morgan fingerprint density at radius 3 is 2.71 bits per heavy atom. The number of anilines is 1. The van der Waals surface area contributed by atoms with Gasteiger partial charge in [-0.05, 0) is 39.3 Å². The predicted octanol–water partition coefficient (Wildman–Crippen LogP) is 2.10. The maximum absolute atomic E-state index is 12.3. The van der Waals surface area contributed by atoms with Gasteiger partial charge in [-0.3, -0.25) is 14.5 Å². The van der Waals surface area contributed by atoms with E-state index in [4.69, 9.17) is 4.74 Å². The van der Waals surface area contributed by atoms with Gasteiger partial charge in [0.15, 0.2) is 0 Å². The van der Waals surface area contributed by atoms with Gasteiger partial charge in [0.1, 0.15) is 17.8 Å². The lowest BCUT2D eigenvalue weighted by Crippen LogP contribution is -2.61. The fourth-order valence-corrected chi connectivity index (χ4v) is 2.29. The minimum atomic E-state index is -0.521. The molecule has 1 aliphatic rings. The molecule has 0 bridgehead atoms. The van der Waals surface area contributed by atoms with E-state index in [1.165, 1.54) is 4.90 Å². The molecule has 1 fully saturated rings. The van der Waals surface area contributed by atoms with Crippen LogP contribution in [-0.4, -0.2) is 30.0 Å². The first kappa shape index (κ1) is 15.4. The third-order valence-corrected chi connectivity index (χ3v) is 3.74. The van der Waals surface area contributed by atoms with Crippen LogP contribution in [-0.2, 0) is 9.59 Å². The van der Waals surface area contributed by atoms with Crippen LogP contribution in [0.3, 0.4) is 0 Å². The molecule has 0 radical (unpaired) electrons. The topological polar surface area (TPSA) is 58.6 Å². The van der Waals surface area contributed by atoms with Crippen LogP contribution in [0.2, 0.25) is 0 Å². The van der Waals surface area contributed by atoms with Crippen molar-refractivity contribution in [3.05, 3.63) is 24.3 Å². The van der Waals surface area contributed by atoms with Gasteiger partial charge in [-0.2, -0.15) is 0 Å². The van der Waals surface area contributed by atoms with Gasteiger partial charge in [0, 0.05) is 11.8 Å². The molecule has 1 N–H and O–H groups in total. The fourth-order valence-electron chi connectivity index (χ4n) is 2.29. The Kier molecular flexibility index (Phi) is 4.50. The molecule has 0 aliphatic carbocycles. The molecule has 114 valence electrons. The number of benzene rings is 1. The van der Waals surface area contributed by atoms with Crippen LogP contribution in [0.15, 0.2) is 24.3 Å². The van der Waals surface area contributed by atoms with E-state index >= 15 is 0 Å². The molecule has 1 aliphatic heterocycles. The molecule has 5 nitrogen and oxygen atoms in total. The number of nitrogens with one attached hydrogen (secondary N) is 1.